The van der Waals surface area contributed by atoms with E-state index in [0.717, 1.165) is 0 Å². The van der Waals surface area contributed by atoms with Crippen molar-refractivity contribution in [2.75, 3.05) is 0 Å². The summed E-state index contributed by atoms with van der Waals surface area (Å²) in [6.07, 6.45) is 7.08. The van der Waals surface area contributed by atoms with Crippen LogP contribution >= 0.6 is 0 Å². The maximum atomic E-state index is 5.42. The SMILES string of the molecule is CC1(c2ccco2)CCCC1. The number of hydrogen-bond acceptors (Lipinski definition) is 1. The minimum atomic E-state index is 0.351. The topological polar surface area (TPSA) is 13.1 Å². The van der Waals surface area contributed by atoms with Gasteiger partial charge in [-0.2, -0.15) is 0 Å². The zero-order valence-corrected chi connectivity index (χ0v) is 6.97. The Balaban J connectivity index is 2.27. The summed E-state index contributed by atoms with van der Waals surface area (Å²) in [5.41, 5.74) is 0.351. The lowest BCUT2D eigenvalue weighted by Gasteiger charge is -2.19. The van der Waals surface area contributed by atoms with Crippen LogP contribution in [0, 0.1) is 0 Å². The fourth-order valence-electron chi connectivity index (χ4n) is 2.02. The summed E-state index contributed by atoms with van der Waals surface area (Å²) in [7, 11) is 0. The van der Waals surface area contributed by atoms with E-state index < -0.39 is 0 Å². The molecule has 0 amide bonds. The average molecular weight is 150 g/mol. The molecule has 1 aliphatic rings. The largest absolute Gasteiger partial charge is 0.469 e. The Hall–Kier alpha value is -0.720. The predicted octanol–water partition coefficient (Wildman–Crippen LogP) is 3.11. The van der Waals surface area contributed by atoms with Gasteiger partial charge in [0.05, 0.1) is 6.26 Å². The van der Waals surface area contributed by atoms with Gasteiger partial charge in [0.2, 0.25) is 0 Å². The number of furan rings is 1. The summed E-state index contributed by atoms with van der Waals surface area (Å²) in [5.74, 6) is 1.18. The maximum absolute atomic E-state index is 5.42. The fourth-order valence-corrected chi connectivity index (χ4v) is 2.02. The molecule has 1 nitrogen and oxygen atoms in total. The number of hydrogen-bond donors (Lipinski definition) is 0. The first kappa shape index (κ1) is 6.96. The fraction of sp³-hybridized carbons (Fsp3) is 0.600. The minimum absolute atomic E-state index is 0.351. The molecule has 0 aromatic carbocycles. The Morgan fingerprint density at radius 2 is 2.09 bits per heavy atom. The van der Waals surface area contributed by atoms with Gasteiger partial charge >= 0.3 is 0 Å². The van der Waals surface area contributed by atoms with Crippen molar-refractivity contribution in [2.45, 2.75) is 38.0 Å². The molecule has 1 fully saturated rings. The van der Waals surface area contributed by atoms with Gasteiger partial charge in [0.15, 0.2) is 0 Å². The van der Waals surface area contributed by atoms with Crippen molar-refractivity contribution in [1.29, 1.82) is 0 Å². The van der Waals surface area contributed by atoms with Crippen molar-refractivity contribution in [1.82, 2.24) is 0 Å². The van der Waals surface area contributed by atoms with Crippen LogP contribution < -0.4 is 0 Å². The Kier molecular flexibility index (Phi) is 1.52. The van der Waals surface area contributed by atoms with Crippen LogP contribution in [0.4, 0.5) is 0 Å². The summed E-state index contributed by atoms with van der Waals surface area (Å²) >= 11 is 0. The molecule has 0 aliphatic heterocycles. The third-order valence-corrected chi connectivity index (χ3v) is 2.82. The van der Waals surface area contributed by atoms with E-state index in [1.54, 1.807) is 6.26 Å². The quantitative estimate of drug-likeness (QED) is 0.599. The summed E-state index contributed by atoms with van der Waals surface area (Å²) in [6.45, 7) is 2.30. The summed E-state index contributed by atoms with van der Waals surface area (Å²) in [4.78, 5) is 0. The van der Waals surface area contributed by atoms with Crippen LogP contribution in [0.15, 0.2) is 22.8 Å². The summed E-state index contributed by atoms with van der Waals surface area (Å²) in [5, 5.41) is 0. The first-order valence-corrected chi connectivity index (χ1v) is 4.35. The molecule has 0 unspecified atom stereocenters. The van der Waals surface area contributed by atoms with Gasteiger partial charge in [0.25, 0.3) is 0 Å². The zero-order chi connectivity index (χ0) is 7.73. The highest BCUT2D eigenvalue weighted by Crippen LogP contribution is 2.40. The predicted molar refractivity (Wildman–Crippen MR) is 44.5 cm³/mol. The molecular weight excluding hydrogens is 136 g/mol. The molecule has 1 aromatic rings. The Morgan fingerprint density at radius 3 is 2.64 bits per heavy atom. The first-order chi connectivity index (χ1) is 5.31. The average Bonchev–Trinajstić information content (AvgIpc) is 2.55. The van der Waals surface area contributed by atoms with Gasteiger partial charge in [0.1, 0.15) is 5.76 Å². The Morgan fingerprint density at radius 1 is 1.36 bits per heavy atom. The standard InChI is InChI=1S/C10H14O/c1-10(6-2-3-7-10)9-5-4-8-11-9/h4-5,8H,2-3,6-7H2,1H3. The number of rotatable bonds is 1. The molecule has 1 aromatic heterocycles. The zero-order valence-electron chi connectivity index (χ0n) is 6.97. The normalized spacial score (nSPS) is 22.3. The molecule has 0 atom stereocenters. The minimum Gasteiger partial charge on any atom is -0.469 e. The molecule has 1 heterocycles. The van der Waals surface area contributed by atoms with Gasteiger partial charge in [0, 0.05) is 5.41 Å². The second kappa shape index (κ2) is 2.40. The van der Waals surface area contributed by atoms with Crippen molar-refractivity contribution in [3.63, 3.8) is 0 Å². The van der Waals surface area contributed by atoms with Crippen LogP contribution in [0.1, 0.15) is 38.4 Å². The first-order valence-electron chi connectivity index (χ1n) is 4.35. The van der Waals surface area contributed by atoms with Crippen molar-refractivity contribution < 1.29 is 4.42 Å². The second-order valence-corrected chi connectivity index (χ2v) is 3.75. The molecule has 0 bridgehead atoms. The summed E-state index contributed by atoms with van der Waals surface area (Å²) < 4.78 is 5.42. The van der Waals surface area contributed by atoms with Crippen LogP contribution in [0.25, 0.3) is 0 Å². The second-order valence-electron chi connectivity index (χ2n) is 3.75. The lowest BCUT2D eigenvalue weighted by Crippen LogP contribution is -2.15. The van der Waals surface area contributed by atoms with Gasteiger partial charge in [-0.3, -0.25) is 0 Å². The molecule has 0 spiro atoms. The van der Waals surface area contributed by atoms with Gasteiger partial charge in [-0.05, 0) is 25.0 Å². The Bertz CT molecular complexity index is 217. The molecule has 1 aliphatic carbocycles. The van der Waals surface area contributed by atoms with Gasteiger partial charge in [-0.1, -0.05) is 19.8 Å². The highest BCUT2D eigenvalue weighted by molar-refractivity contribution is 5.13. The van der Waals surface area contributed by atoms with Crippen LogP contribution in [0.2, 0.25) is 0 Å². The maximum Gasteiger partial charge on any atom is 0.109 e. The van der Waals surface area contributed by atoms with E-state index >= 15 is 0 Å². The smallest absolute Gasteiger partial charge is 0.109 e. The molecular formula is C10H14O. The van der Waals surface area contributed by atoms with Crippen LogP contribution in [0.5, 0.6) is 0 Å². The van der Waals surface area contributed by atoms with Crippen molar-refractivity contribution in [2.24, 2.45) is 0 Å². The lowest BCUT2D eigenvalue weighted by atomic mass is 9.86. The van der Waals surface area contributed by atoms with Gasteiger partial charge < -0.3 is 4.42 Å². The van der Waals surface area contributed by atoms with E-state index in [0.29, 0.717) is 5.41 Å². The highest BCUT2D eigenvalue weighted by Gasteiger charge is 2.32. The van der Waals surface area contributed by atoms with Crippen molar-refractivity contribution in [3.8, 4) is 0 Å². The van der Waals surface area contributed by atoms with E-state index in [-0.39, 0.29) is 0 Å². The molecule has 0 saturated heterocycles. The van der Waals surface area contributed by atoms with Gasteiger partial charge in [-0.15, -0.1) is 0 Å². The van der Waals surface area contributed by atoms with E-state index in [2.05, 4.69) is 13.0 Å². The third-order valence-electron chi connectivity index (χ3n) is 2.82. The highest BCUT2D eigenvalue weighted by atomic mass is 16.3. The van der Waals surface area contributed by atoms with E-state index in [1.165, 1.54) is 31.4 Å². The van der Waals surface area contributed by atoms with Crippen molar-refractivity contribution in [3.05, 3.63) is 24.2 Å². The third kappa shape index (κ3) is 1.09. The van der Waals surface area contributed by atoms with Crippen LogP contribution in [0.3, 0.4) is 0 Å². The van der Waals surface area contributed by atoms with Crippen LogP contribution in [-0.2, 0) is 5.41 Å². The molecule has 60 valence electrons. The molecule has 11 heavy (non-hydrogen) atoms. The van der Waals surface area contributed by atoms with E-state index in [9.17, 15) is 0 Å². The monoisotopic (exact) mass is 150 g/mol. The van der Waals surface area contributed by atoms with Gasteiger partial charge in [-0.25, -0.2) is 0 Å². The molecule has 0 radical (unpaired) electrons. The van der Waals surface area contributed by atoms with E-state index in [1.807, 2.05) is 6.07 Å². The molecule has 1 heteroatoms. The molecule has 0 N–H and O–H groups in total. The summed E-state index contributed by atoms with van der Waals surface area (Å²) in [6, 6.07) is 4.09. The van der Waals surface area contributed by atoms with Crippen LogP contribution in [-0.4, -0.2) is 0 Å². The lowest BCUT2D eigenvalue weighted by molar-refractivity contribution is 0.366. The van der Waals surface area contributed by atoms with E-state index in [4.69, 9.17) is 4.42 Å². The Labute approximate surface area is 67.4 Å². The molecule has 1 saturated carbocycles. The molecule has 2 rings (SSSR count). The van der Waals surface area contributed by atoms with Crippen molar-refractivity contribution >= 4 is 0 Å².